The molecule has 0 unspecified atom stereocenters. The van der Waals surface area contributed by atoms with Gasteiger partial charge in [0.1, 0.15) is 17.5 Å². The summed E-state index contributed by atoms with van der Waals surface area (Å²) in [7, 11) is 0. The van der Waals surface area contributed by atoms with Gasteiger partial charge in [-0.1, -0.05) is 19.1 Å². The van der Waals surface area contributed by atoms with Crippen LogP contribution in [0, 0.1) is 18.7 Å². The van der Waals surface area contributed by atoms with Crippen molar-refractivity contribution in [2.45, 2.75) is 39.5 Å². The maximum absolute atomic E-state index is 13.3. The number of halogens is 1. The molecule has 6 heteroatoms. The summed E-state index contributed by atoms with van der Waals surface area (Å²) < 4.78 is 13.3. The summed E-state index contributed by atoms with van der Waals surface area (Å²) in [5.74, 6) is 2.10. The van der Waals surface area contributed by atoms with Crippen LogP contribution in [0.25, 0.3) is 0 Å². The van der Waals surface area contributed by atoms with E-state index in [-0.39, 0.29) is 11.7 Å². The molecule has 148 valence electrons. The van der Waals surface area contributed by atoms with Crippen LogP contribution < -0.4 is 4.90 Å². The van der Waals surface area contributed by atoms with Crippen LogP contribution in [0.3, 0.4) is 0 Å². The number of hydrogen-bond acceptors (Lipinski definition) is 4. The molecule has 0 atom stereocenters. The molecule has 1 amide bonds. The Morgan fingerprint density at radius 3 is 2.39 bits per heavy atom. The third-order valence-corrected chi connectivity index (χ3v) is 5.63. The van der Waals surface area contributed by atoms with E-state index in [9.17, 15) is 9.18 Å². The van der Waals surface area contributed by atoms with Crippen molar-refractivity contribution in [2.24, 2.45) is 5.92 Å². The van der Waals surface area contributed by atoms with Gasteiger partial charge in [0, 0.05) is 49.8 Å². The first-order chi connectivity index (χ1) is 13.5. The zero-order chi connectivity index (χ0) is 19.7. The SMILES string of the molecule is CCc1nc(C)nc(N2CCN(C(=O)C3CC3)CC2)c1Cc1ccc(F)cc1. The fraction of sp³-hybridized carbons (Fsp3) is 0.500. The number of amides is 1. The minimum Gasteiger partial charge on any atom is -0.353 e. The quantitative estimate of drug-likeness (QED) is 0.797. The summed E-state index contributed by atoms with van der Waals surface area (Å²) in [5.41, 5.74) is 3.21. The number of nitrogens with zero attached hydrogens (tertiary/aromatic N) is 4. The molecule has 0 bridgehead atoms. The van der Waals surface area contributed by atoms with E-state index in [0.29, 0.717) is 12.3 Å². The number of benzene rings is 1. The standard InChI is InChI=1S/C22H27FN4O/c1-3-20-19(14-16-4-8-18(23)9-5-16)21(25-15(2)24-20)26-10-12-27(13-11-26)22(28)17-6-7-17/h4-5,8-9,17H,3,6-7,10-14H2,1-2H3. The molecule has 2 aromatic rings. The average Bonchev–Trinajstić information content (AvgIpc) is 3.55. The molecule has 0 spiro atoms. The van der Waals surface area contributed by atoms with Gasteiger partial charge >= 0.3 is 0 Å². The number of piperazine rings is 1. The minimum absolute atomic E-state index is 0.226. The van der Waals surface area contributed by atoms with Gasteiger partial charge in [-0.15, -0.1) is 0 Å². The normalized spacial score (nSPS) is 17.1. The summed E-state index contributed by atoms with van der Waals surface area (Å²) >= 11 is 0. The fourth-order valence-corrected chi connectivity index (χ4v) is 3.91. The first-order valence-corrected chi connectivity index (χ1v) is 10.2. The molecule has 0 N–H and O–H groups in total. The molecule has 1 saturated heterocycles. The van der Waals surface area contributed by atoms with Gasteiger partial charge in [-0.25, -0.2) is 14.4 Å². The average molecular weight is 382 g/mol. The molecule has 4 rings (SSSR count). The highest BCUT2D eigenvalue weighted by Gasteiger charge is 2.35. The van der Waals surface area contributed by atoms with Crippen LogP contribution in [-0.2, 0) is 17.6 Å². The molecule has 1 aromatic carbocycles. The van der Waals surface area contributed by atoms with E-state index in [2.05, 4.69) is 16.8 Å². The predicted octanol–water partition coefficient (Wildman–Crippen LogP) is 3.14. The maximum atomic E-state index is 13.3. The second-order valence-corrected chi connectivity index (χ2v) is 7.76. The Labute approximate surface area is 165 Å². The highest BCUT2D eigenvalue weighted by Crippen LogP contribution is 2.32. The lowest BCUT2D eigenvalue weighted by Gasteiger charge is -2.36. The van der Waals surface area contributed by atoms with E-state index in [1.165, 1.54) is 12.1 Å². The van der Waals surface area contributed by atoms with Crippen molar-refractivity contribution in [1.82, 2.24) is 14.9 Å². The molecule has 2 aliphatic rings. The fourth-order valence-electron chi connectivity index (χ4n) is 3.91. The third-order valence-electron chi connectivity index (χ3n) is 5.63. The third kappa shape index (κ3) is 4.01. The van der Waals surface area contributed by atoms with E-state index in [4.69, 9.17) is 4.98 Å². The first kappa shape index (κ1) is 18.8. The van der Waals surface area contributed by atoms with E-state index >= 15 is 0 Å². The Morgan fingerprint density at radius 1 is 1.11 bits per heavy atom. The molecule has 5 nitrogen and oxygen atoms in total. The van der Waals surface area contributed by atoms with Gasteiger partial charge in [-0.05, 0) is 43.9 Å². The van der Waals surface area contributed by atoms with Crippen LogP contribution in [0.1, 0.15) is 42.4 Å². The summed E-state index contributed by atoms with van der Waals surface area (Å²) in [6, 6.07) is 6.64. The molecule has 0 radical (unpaired) electrons. The van der Waals surface area contributed by atoms with Crippen LogP contribution in [0.2, 0.25) is 0 Å². The molecule has 2 fully saturated rings. The Hall–Kier alpha value is -2.50. The molecular formula is C22H27FN4O. The number of carbonyl (C=O) groups excluding carboxylic acids is 1. The monoisotopic (exact) mass is 382 g/mol. The lowest BCUT2D eigenvalue weighted by atomic mass is 10.0. The van der Waals surface area contributed by atoms with Crippen molar-refractivity contribution in [1.29, 1.82) is 0 Å². The summed E-state index contributed by atoms with van der Waals surface area (Å²) in [6.45, 7) is 7.10. The van der Waals surface area contributed by atoms with Crippen molar-refractivity contribution in [3.63, 3.8) is 0 Å². The Morgan fingerprint density at radius 2 is 1.79 bits per heavy atom. The van der Waals surface area contributed by atoms with E-state index in [1.807, 2.05) is 24.0 Å². The zero-order valence-electron chi connectivity index (χ0n) is 16.6. The van der Waals surface area contributed by atoms with Crippen LogP contribution >= 0.6 is 0 Å². The van der Waals surface area contributed by atoms with Gasteiger partial charge in [0.2, 0.25) is 5.91 Å². The van der Waals surface area contributed by atoms with Gasteiger partial charge in [0.15, 0.2) is 0 Å². The Kier molecular flexibility index (Phi) is 5.29. The van der Waals surface area contributed by atoms with E-state index < -0.39 is 0 Å². The van der Waals surface area contributed by atoms with Crippen molar-refractivity contribution >= 4 is 11.7 Å². The molecule has 1 aromatic heterocycles. The van der Waals surface area contributed by atoms with Crippen molar-refractivity contribution in [3.05, 3.63) is 52.7 Å². The molecular weight excluding hydrogens is 355 g/mol. The number of rotatable bonds is 5. The highest BCUT2D eigenvalue weighted by atomic mass is 19.1. The second kappa shape index (κ2) is 7.86. The topological polar surface area (TPSA) is 49.3 Å². The van der Waals surface area contributed by atoms with Gasteiger partial charge in [-0.3, -0.25) is 4.79 Å². The molecule has 1 aliphatic carbocycles. The summed E-state index contributed by atoms with van der Waals surface area (Å²) in [5, 5.41) is 0. The van der Waals surface area contributed by atoms with Crippen molar-refractivity contribution in [2.75, 3.05) is 31.1 Å². The highest BCUT2D eigenvalue weighted by molar-refractivity contribution is 5.81. The van der Waals surface area contributed by atoms with E-state index in [0.717, 1.165) is 73.9 Å². The maximum Gasteiger partial charge on any atom is 0.225 e. The zero-order valence-corrected chi connectivity index (χ0v) is 16.6. The van der Waals surface area contributed by atoms with Gasteiger partial charge < -0.3 is 9.80 Å². The van der Waals surface area contributed by atoms with Crippen molar-refractivity contribution in [3.8, 4) is 0 Å². The second-order valence-electron chi connectivity index (χ2n) is 7.76. The minimum atomic E-state index is -0.226. The lowest BCUT2D eigenvalue weighted by Crippen LogP contribution is -2.49. The van der Waals surface area contributed by atoms with Gasteiger partial charge in [0.05, 0.1) is 0 Å². The molecule has 1 aliphatic heterocycles. The number of aryl methyl sites for hydroxylation is 2. The summed E-state index contributed by atoms with van der Waals surface area (Å²) in [6.07, 6.45) is 3.60. The number of anilines is 1. The summed E-state index contributed by atoms with van der Waals surface area (Å²) in [4.78, 5) is 26.1. The number of aromatic nitrogens is 2. The first-order valence-electron chi connectivity index (χ1n) is 10.2. The smallest absolute Gasteiger partial charge is 0.225 e. The van der Waals surface area contributed by atoms with Gasteiger partial charge in [-0.2, -0.15) is 0 Å². The number of carbonyl (C=O) groups is 1. The Balaban J connectivity index is 1.58. The Bertz CT molecular complexity index is 856. The van der Waals surface area contributed by atoms with Crippen LogP contribution in [0.4, 0.5) is 10.2 Å². The van der Waals surface area contributed by atoms with Crippen molar-refractivity contribution < 1.29 is 9.18 Å². The van der Waals surface area contributed by atoms with Crippen LogP contribution in [-0.4, -0.2) is 47.0 Å². The molecule has 2 heterocycles. The van der Waals surface area contributed by atoms with E-state index in [1.54, 1.807) is 0 Å². The molecule has 1 saturated carbocycles. The largest absolute Gasteiger partial charge is 0.353 e. The van der Waals surface area contributed by atoms with Gasteiger partial charge in [0.25, 0.3) is 0 Å². The van der Waals surface area contributed by atoms with Crippen LogP contribution in [0.5, 0.6) is 0 Å². The predicted molar refractivity (Wildman–Crippen MR) is 107 cm³/mol. The van der Waals surface area contributed by atoms with Crippen LogP contribution in [0.15, 0.2) is 24.3 Å². The lowest BCUT2D eigenvalue weighted by molar-refractivity contribution is -0.132. The molecule has 28 heavy (non-hydrogen) atoms. The number of hydrogen-bond donors (Lipinski definition) is 0.